The first kappa shape index (κ1) is 21.4. The van der Waals surface area contributed by atoms with E-state index in [1.54, 1.807) is 11.8 Å². The fourth-order valence-electron chi connectivity index (χ4n) is 4.23. The van der Waals surface area contributed by atoms with E-state index in [-0.39, 0.29) is 0 Å². The lowest BCUT2D eigenvalue weighted by atomic mass is 9.77. The van der Waals surface area contributed by atoms with Crippen LogP contribution in [0.15, 0.2) is 65.8 Å². The number of carbonyl (C=O) groups is 1. The average Bonchev–Trinajstić information content (AvgIpc) is 2.80. The van der Waals surface area contributed by atoms with Crippen molar-refractivity contribution in [2.75, 3.05) is 11.6 Å². The Kier molecular flexibility index (Phi) is 6.87. The Morgan fingerprint density at radius 2 is 1.77 bits per heavy atom. The molecule has 0 radical (unpaired) electrons. The van der Waals surface area contributed by atoms with Crippen LogP contribution in [0.1, 0.15) is 43.6 Å². The van der Waals surface area contributed by atoms with E-state index in [0.717, 1.165) is 53.3 Å². The number of nitrogens with zero attached hydrogens (tertiary/aromatic N) is 2. The maximum atomic E-state index is 10.9. The van der Waals surface area contributed by atoms with Crippen LogP contribution in [-0.4, -0.2) is 27.3 Å². The fourth-order valence-corrected chi connectivity index (χ4v) is 4.60. The molecule has 2 heterocycles. The Morgan fingerprint density at radius 1 is 1.00 bits per heavy atom. The highest BCUT2D eigenvalue weighted by Crippen LogP contribution is 2.37. The minimum atomic E-state index is -0.675. The smallest absolute Gasteiger partial charge is 0.303 e. The summed E-state index contributed by atoms with van der Waals surface area (Å²) < 4.78 is 0. The molecule has 0 amide bonds. The zero-order valence-corrected chi connectivity index (χ0v) is 18.4. The quantitative estimate of drug-likeness (QED) is 0.422. The second kappa shape index (κ2) is 9.96. The van der Waals surface area contributed by atoms with Crippen molar-refractivity contribution in [2.45, 2.75) is 42.9 Å². The van der Waals surface area contributed by atoms with Gasteiger partial charge in [0.15, 0.2) is 0 Å². The van der Waals surface area contributed by atoms with Gasteiger partial charge in [0.05, 0.1) is 17.6 Å². The Balaban J connectivity index is 1.36. The van der Waals surface area contributed by atoms with E-state index >= 15 is 0 Å². The van der Waals surface area contributed by atoms with E-state index < -0.39 is 5.97 Å². The highest BCUT2D eigenvalue weighted by atomic mass is 32.2. The number of anilines is 2. The molecule has 5 nitrogen and oxygen atoms in total. The summed E-state index contributed by atoms with van der Waals surface area (Å²) in [4.78, 5) is 21.1. The van der Waals surface area contributed by atoms with Crippen LogP contribution in [0.25, 0.3) is 11.3 Å². The summed E-state index contributed by atoms with van der Waals surface area (Å²) >= 11 is 1.67. The molecule has 1 fully saturated rings. The summed E-state index contributed by atoms with van der Waals surface area (Å²) in [6, 6.07) is 16.7. The predicted molar refractivity (Wildman–Crippen MR) is 126 cm³/mol. The molecule has 4 rings (SSSR count). The number of hydrogen-bond donors (Lipinski definition) is 2. The van der Waals surface area contributed by atoms with Crippen LogP contribution in [0, 0.1) is 5.92 Å². The topological polar surface area (TPSA) is 75.1 Å². The second-order valence-corrected chi connectivity index (χ2v) is 8.96. The number of nitrogens with one attached hydrogen (secondary N) is 1. The van der Waals surface area contributed by atoms with Crippen LogP contribution in [0.3, 0.4) is 0 Å². The number of carboxylic acid groups (broad SMARTS) is 1. The highest BCUT2D eigenvalue weighted by molar-refractivity contribution is 7.98. The van der Waals surface area contributed by atoms with Crippen molar-refractivity contribution in [3.63, 3.8) is 0 Å². The third-order valence-corrected chi connectivity index (χ3v) is 6.71. The Labute approximate surface area is 187 Å². The number of rotatable bonds is 7. The maximum Gasteiger partial charge on any atom is 0.303 e. The summed E-state index contributed by atoms with van der Waals surface area (Å²) in [5.41, 5.74) is 4.28. The monoisotopic (exact) mass is 433 g/mol. The van der Waals surface area contributed by atoms with Crippen LogP contribution >= 0.6 is 11.8 Å². The molecule has 1 aliphatic carbocycles. The largest absolute Gasteiger partial charge is 0.481 e. The van der Waals surface area contributed by atoms with Crippen LogP contribution in [0.5, 0.6) is 0 Å². The van der Waals surface area contributed by atoms with E-state index in [2.05, 4.69) is 39.6 Å². The minimum Gasteiger partial charge on any atom is -0.481 e. The molecule has 0 saturated heterocycles. The molecule has 0 unspecified atom stereocenters. The number of thioether (sulfide) groups is 1. The van der Waals surface area contributed by atoms with Gasteiger partial charge in [-0.3, -0.25) is 9.78 Å². The van der Waals surface area contributed by atoms with E-state index in [1.165, 1.54) is 5.56 Å². The molecule has 1 aliphatic rings. The van der Waals surface area contributed by atoms with Crippen molar-refractivity contribution in [3.05, 3.63) is 66.5 Å². The van der Waals surface area contributed by atoms with Crippen molar-refractivity contribution >= 4 is 29.2 Å². The van der Waals surface area contributed by atoms with Crippen LogP contribution in [-0.2, 0) is 4.79 Å². The van der Waals surface area contributed by atoms with Crippen molar-refractivity contribution in [2.24, 2.45) is 5.92 Å². The van der Waals surface area contributed by atoms with E-state index in [9.17, 15) is 4.79 Å². The molecule has 1 aromatic carbocycles. The van der Waals surface area contributed by atoms with Gasteiger partial charge in [0.1, 0.15) is 5.82 Å². The normalized spacial score (nSPS) is 18.5. The average molecular weight is 434 g/mol. The number of hydrogen-bond acceptors (Lipinski definition) is 5. The van der Waals surface area contributed by atoms with Gasteiger partial charge in [-0.1, -0.05) is 24.3 Å². The van der Waals surface area contributed by atoms with Gasteiger partial charge in [0.25, 0.3) is 0 Å². The zero-order chi connectivity index (χ0) is 21.6. The van der Waals surface area contributed by atoms with Gasteiger partial charge in [0.2, 0.25) is 0 Å². The molecule has 2 N–H and O–H groups in total. The molecule has 6 heteroatoms. The van der Waals surface area contributed by atoms with Gasteiger partial charge in [-0.15, -0.1) is 11.8 Å². The van der Waals surface area contributed by atoms with Crippen molar-refractivity contribution in [1.82, 2.24) is 9.97 Å². The number of aliphatic carboxylic acids is 1. The first-order valence-corrected chi connectivity index (χ1v) is 11.9. The summed E-state index contributed by atoms with van der Waals surface area (Å²) in [6.45, 7) is 0. The summed E-state index contributed by atoms with van der Waals surface area (Å²) in [7, 11) is 0. The molecule has 31 heavy (non-hydrogen) atoms. The van der Waals surface area contributed by atoms with E-state index in [0.29, 0.717) is 18.3 Å². The Bertz CT molecular complexity index is 996. The molecule has 0 bridgehead atoms. The van der Waals surface area contributed by atoms with Gasteiger partial charge < -0.3 is 10.4 Å². The second-order valence-electron chi connectivity index (χ2n) is 8.08. The first-order valence-electron chi connectivity index (χ1n) is 10.7. The van der Waals surface area contributed by atoms with Crippen molar-refractivity contribution in [1.29, 1.82) is 0 Å². The molecular formula is C25H27N3O2S. The van der Waals surface area contributed by atoms with Gasteiger partial charge in [-0.05, 0) is 73.6 Å². The lowest BCUT2D eigenvalue weighted by molar-refractivity contribution is -0.138. The fraction of sp³-hybridized carbons (Fsp3) is 0.320. The molecule has 0 spiro atoms. The van der Waals surface area contributed by atoms with Crippen LogP contribution in [0.4, 0.5) is 11.5 Å². The standard InChI is InChI=1S/C25H27N3O2S/c1-31-22-11-13-24(27-16-22)28-21-10-12-23(26-15-21)20-8-6-19(7-9-20)18-4-2-17(3-5-18)14-25(29)30/h6-13,15-18H,2-5,14H2,1H3,(H,27,28)(H,29,30)/t17-,18-. The molecular weight excluding hydrogens is 406 g/mol. The van der Waals surface area contributed by atoms with Crippen LogP contribution in [0.2, 0.25) is 0 Å². The third-order valence-electron chi connectivity index (χ3n) is 6.00. The van der Waals surface area contributed by atoms with Crippen molar-refractivity contribution < 1.29 is 9.90 Å². The molecule has 3 aromatic rings. The predicted octanol–water partition coefficient (Wildman–Crippen LogP) is 6.36. The summed E-state index contributed by atoms with van der Waals surface area (Å²) in [5, 5.41) is 12.3. The SMILES string of the molecule is CSc1ccc(Nc2ccc(-c3ccc([C@H]4CC[C@H](CC(=O)O)CC4)cc3)nc2)nc1. The number of carboxylic acids is 1. The molecule has 0 aliphatic heterocycles. The third kappa shape index (κ3) is 5.64. The molecule has 1 saturated carbocycles. The van der Waals surface area contributed by atoms with E-state index in [4.69, 9.17) is 5.11 Å². The maximum absolute atomic E-state index is 10.9. The number of pyridine rings is 2. The molecule has 2 aromatic heterocycles. The zero-order valence-electron chi connectivity index (χ0n) is 17.6. The van der Waals surface area contributed by atoms with Gasteiger partial charge in [-0.25, -0.2) is 4.98 Å². The molecule has 0 atom stereocenters. The van der Waals surface area contributed by atoms with Crippen molar-refractivity contribution in [3.8, 4) is 11.3 Å². The van der Waals surface area contributed by atoms with Crippen LogP contribution < -0.4 is 5.32 Å². The molecule has 160 valence electrons. The lowest BCUT2D eigenvalue weighted by Crippen LogP contribution is -2.16. The number of aromatic nitrogens is 2. The summed E-state index contributed by atoms with van der Waals surface area (Å²) in [5.74, 6) is 0.993. The summed E-state index contributed by atoms with van der Waals surface area (Å²) in [6.07, 6.45) is 10.2. The van der Waals surface area contributed by atoms with Gasteiger partial charge in [-0.2, -0.15) is 0 Å². The Hall–Kier alpha value is -2.86. The number of benzene rings is 1. The lowest BCUT2D eigenvalue weighted by Gasteiger charge is -2.28. The highest BCUT2D eigenvalue weighted by Gasteiger charge is 2.23. The van der Waals surface area contributed by atoms with Gasteiger partial charge >= 0.3 is 5.97 Å². The van der Waals surface area contributed by atoms with Gasteiger partial charge in [0, 0.05) is 23.1 Å². The first-order chi connectivity index (χ1) is 15.1. The van der Waals surface area contributed by atoms with E-state index in [1.807, 2.05) is 42.9 Å². The minimum absolute atomic E-state index is 0.307. The Morgan fingerprint density at radius 3 is 2.35 bits per heavy atom.